The summed E-state index contributed by atoms with van der Waals surface area (Å²) in [5, 5.41) is 9.85. The van der Waals surface area contributed by atoms with Crippen LogP contribution in [-0.4, -0.2) is 21.2 Å². The van der Waals surface area contributed by atoms with Crippen LogP contribution < -0.4 is 10.6 Å². The lowest BCUT2D eigenvalue weighted by Gasteiger charge is -2.01. The van der Waals surface area contributed by atoms with Gasteiger partial charge in [0.25, 0.3) is 0 Å². The standard InChI is InChI=1S/C14H13N5O2S/c20-13(15-7-11-17-12(19-21-11)8-5-6-8)18-14-16-9-3-1-2-4-10(9)22-14/h1-4,8H,5-7H2,(H2,15,16,18,20). The molecule has 0 spiro atoms. The monoisotopic (exact) mass is 315 g/mol. The molecule has 3 aromatic rings. The Morgan fingerprint density at radius 1 is 1.32 bits per heavy atom. The number of fused-ring (bicyclic) bond motifs is 1. The van der Waals surface area contributed by atoms with Crippen molar-refractivity contribution in [1.29, 1.82) is 0 Å². The Morgan fingerprint density at radius 2 is 2.18 bits per heavy atom. The van der Waals surface area contributed by atoms with Crippen molar-refractivity contribution in [2.24, 2.45) is 0 Å². The molecule has 0 saturated heterocycles. The number of carbonyl (C=O) groups is 1. The minimum Gasteiger partial charge on any atom is -0.337 e. The fraction of sp³-hybridized carbons (Fsp3) is 0.286. The van der Waals surface area contributed by atoms with Crippen molar-refractivity contribution >= 4 is 32.7 Å². The quantitative estimate of drug-likeness (QED) is 0.772. The molecule has 0 aliphatic heterocycles. The number of rotatable bonds is 4. The first kappa shape index (κ1) is 13.2. The molecule has 112 valence electrons. The molecular formula is C14H13N5O2S. The molecule has 7 nitrogen and oxygen atoms in total. The molecule has 2 aromatic heterocycles. The second kappa shape index (κ2) is 5.38. The zero-order valence-electron chi connectivity index (χ0n) is 11.6. The maximum absolute atomic E-state index is 11.9. The first-order valence-electron chi connectivity index (χ1n) is 7.01. The number of anilines is 1. The molecule has 2 amide bonds. The fourth-order valence-electron chi connectivity index (χ4n) is 2.07. The highest BCUT2D eigenvalue weighted by Crippen LogP contribution is 2.38. The van der Waals surface area contributed by atoms with E-state index < -0.39 is 0 Å². The Labute approximate surface area is 129 Å². The van der Waals surface area contributed by atoms with Crippen LogP contribution >= 0.6 is 11.3 Å². The van der Waals surface area contributed by atoms with E-state index in [0.717, 1.165) is 28.9 Å². The van der Waals surface area contributed by atoms with Gasteiger partial charge in [-0.15, -0.1) is 0 Å². The maximum atomic E-state index is 11.9. The van der Waals surface area contributed by atoms with Gasteiger partial charge in [-0.05, 0) is 25.0 Å². The highest BCUT2D eigenvalue weighted by Gasteiger charge is 2.28. The number of hydrogen-bond donors (Lipinski definition) is 2. The van der Waals surface area contributed by atoms with Crippen molar-refractivity contribution in [3.63, 3.8) is 0 Å². The van der Waals surface area contributed by atoms with E-state index in [1.54, 1.807) is 0 Å². The molecule has 8 heteroatoms. The lowest BCUT2D eigenvalue weighted by Crippen LogP contribution is -2.28. The van der Waals surface area contributed by atoms with Gasteiger partial charge < -0.3 is 9.84 Å². The molecule has 0 bridgehead atoms. The summed E-state index contributed by atoms with van der Waals surface area (Å²) in [6.45, 7) is 0.205. The number of benzene rings is 1. The summed E-state index contributed by atoms with van der Waals surface area (Å²) >= 11 is 1.43. The Hall–Kier alpha value is -2.48. The van der Waals surface area contributed by atoms with Crippen LogP contribution in [0.3, 0.4) is 0 Å². The van der Waals surface area contributed by atoms with Crippen LogP contribution in [0, 0.1) is 0 Å². The number of hydrogen-bond acceptors (Lipinski definition) is 6. The Balaban J connectivity index is 1.35. The minimum absolute atomic E-state index is 0.205. The smallest absolute Gasteiger partial charge is 0.321 e. The first-order valence-corrected chi connectivity index (χ1v) is 7.82. The normalized spacial score (nSPS) is 14.2. The molecule has 0 atom stereocenters. The number of nitrogens with one attached hydrogen (secondary N) is 2. The number of amides is 2. The summed E-state index contributed by atoms with van der Waals surface area (Å²) in [6.07, 6.45) is 2.23. The van der Waals surface area contributed by atoms with E-state index in [0.29, 0.717) is 16.9 Å². The topological polar surface area (TPSA) is 92.9 Å². The third-order valence-electron chi connectivity index (χ3n) is 3.34. The number of carbonyl (C=O) groups excluding carboxylic acids is 1. The largest absolute Gasteiger partial charge is 0.337 e. The van der Waals surface area contributed by atoms with Crippen molar-refractivity contribution in [3.05, 3.63) is 36.0 Å². The van der Waals surface area contributed by atoms with E-state index >= 15 is 0 Å². The van der Waals surface area contributed by atoms with Crippen LogP contribution in [0.2, 0.25) is 0 Å². The molecule has 1 aromatic carbocycles. The summed E-state index contributed by atoms with van der Waals surface area (Å²) < 4.78 is 6.13. The van der Waals surface area contributed by atoms with Crippen LogP contribution in [0.1, 0.15) is 30.5 Å². The van der Waals surface area contributed by atoms with Crippen LogP contribution in [0.4, 0.5) is 9.93 Å². The van der Waals surface area contributed by atoms with Crippen LogP contribution in [0.15, 0.2) is 28.8 Å². The SMILES string of the molecule is O=C(NCc1nc(C2CC2)no1)Nc1nc2ccccc2s1. The molecular weight excluding hydrogens is 302 g/mol. The molecule has 0 unspecified atom stereocenters. The summed E-state index contributed by atoms with van der Waals surface area (Å²) in [5.74, 6) is 1.60. The molecule has 1 saturated carbocycles. The zero-order valence-corrected chi connectivity index (χ0v) is 12.4. The highest BCUT2D eigenvalue weighted by molar-refractivity contribution is 7.22. The van der Waals surface area contributed by atoms with Gasteiger partial charge in [-0.2, -0.15) is 4.98 Å². The number of urea groups is 1. The van der Waals surface area contributed by atoms with Gasteiger partial charge in [-0.3, -0.25) is 5.32 Å². The van der Waals surface area contributed by atoms with Crippen molar-refractivity contribution < 1.29 is 9.32 Å². The molecule has 1 aliphatic rings. The van der Waals surface area contributed by atoms with Crippen LogP contribution in [0.5, 0.6) is 0 Å². The molecule has 1 aliphatic carbocycles. The fourth-order valence-corrected chi connectivity index (χ4v) is 2.93. The van der Waals surface area contributed by atoms with Crippen molar-refractivity contribution in [2.75, 3.05) is 5.32 Å². The number of thiazole rings is 1. The average Bonchev–Trinajstić information content (AvgIpc) is 3.11. The Kier molecular flexibility index (Phi) is 3.23. The highest BCUT2D eigenvalue weighted by atomic mass is 32.1. The molecule has 4 rings (SSSR count). The van der Waals surface area contributed by atoms with Gasteiger partial charge in [0.2, 0.25) is 5.89 Å². The van der Waals surface area contributed by atoms with Crippen molar-refractivity contribution in [2.45, 2.75) is 25.3 Å². The molecule has 2 heterocycles. The van der Waals surface area contributed by atoms with E-state index in [2.05, 4.69) is 25.8 Å². The maximum Gasteiger partial charge on any atom is 0.321 e. The second-order valence-electron chi connectivity index (χ2n) is 5.12. The van der Waals surface area contributed by atoms with Crippen LogP contribution in [-0.2, 0) is 6.54 Å². The molecule has 0 radical (unpaired) electrons. The summed E-state index contributed by atoms with van der Waals surface area (Å²) in [7, 11) is 0. The molecule has 22 heavy (non-hydrogen) atoms. The Bertz CT molecular complexity index is 790. The number of nitrogens with zero attached hydrogens (tertiary/aromatic N) is 3. The van der Waals surface area contributed by atoms with E-state index in [1.165, 1.54) is 11.3 Å². The second-order valence-corrected chi connectivity index (χ2v) is 6.15. The van der Waals surface area contributed by atoms with Crippen LogP contribution in [0.25, 0.3) is 10.2 Å². The van der Waals surface area contributed by atoms with E-state index in [4.69, 9.17) is 4.52 Å². The molecule has 2 N–H and O–H groups in total. The lowest BCUT2D eigenvalue weighted by atomic mass is 10.3. The summed E-state index contributed by atoms with van der Waals surface area (Å²) in [5.41, 5.74) is 0.869. The summed E-state index contributed by atoms with van der Waals surface area (Å²) in [6, 6.07) is 7.39. The molecule has 1 fully saturated rings. The number of aromatic nitrogens is 3. The zero-order chi connectivity index (χ0) is 14.9. The minimum atomic E-state index is -0.342. The van der Waals surface area contributed by atoms with Gasteiger partial charge in [0, 0.05) is 5.92 Å². The van der Waals surface area contributed by atoms with Crippen molar-refractivity contribution in [1.82, 2.24) is 20.4 Å². The van der Waals surface area contributed by atoms with E-state index in [1.807, 2.05) is 24.3 Å². The first-order chi connectivity index (χ1) is 10.8. The predicted octanol–water partition coefficient (Wildman–Crippen LogP) is 2.88. The van der Waals surface area contributed by atoms with Gasteiger partial charge in [-0.1, -0.05) is 28.6 Å². The average molecular weight is 315 g/mol. The van der Waals surface area contributed by atoms with Gasteiger partial charge in [-0.25, -0.2) is 9.78 Å². The van der Waals surface area contributed by atoms with Gasteiger partial charge in [0.1, 0.15) is 0 Å². The number of para-hydroxylation sites is 1. The van der Waals surface area contributed by atoms with Gasteiger partial charge >= 0.3 is 6.03 Å². The van der Waals surface area contributed by atoms with Crippen molar-refractivity contribution in [3.8, 4) is 0 Å². The lowest BCUT2D eigenvalue weighted by molar-refractivity contribution is 0.249. The van der Waals surface area contributed by atoms with Gasteiger partial charge in [0.05, 0.1) is 16.8 Å². The Morgan fingerprint density at radius 3 is 3.00 bits per heavy atom. The summed E-state index contributed by atoms with van der Waals surface area (Å²) in [4.78, 5) is 20.5. The van der Waals surface area contributed by atoms with Gasteiger partial charge in [0.15, 0.2) is 11.0 Å². The van der Waals surface area contributed by atoms with E-state index in [9.17, 15) is 4.79 Å². The predicted molar refractivity (Wildman–Crippen MR) is 81.8 cm³/mol. The third kappa shape index (κ3) is 2.77. The third-order valence-corrected chi connectivity index (χ3v) is 4.29. The van der Waals surface area contributed by atoms with E-state index in [-0.39, 0.29) is 12.6 Å².